The highest BCUT2D eigenvalue weighted by atomic mass is 32.1. The number of anilines is 1. The summed E-state index contributed by atoms with van der Waals surface area (Å²) in [5, 5.41) is 15.3. The number of carbonyl (C=O) groups is 1. The van der Waals surface area contributed by atoms with Crippen LogP contribution in [0, 0.1) is 6.92 Å². The minimum atomic E-state index is -0.0819. The molecule has 1 aliphatic heterocycles. The lowest BCUT2D eigenvalue weighted by molar-refractivity contribution is 0.187. The van der Waals surface area contributed by atoms with Crippen LogP contribution in [-0.4, -0.2) is 34.2 Å². The van der Waals surface area contributed by atoms with Crippen molar-refractivity contribution in [3.8, 4) is 11.5 Å². The van der Waals surface area contributed by atoms with Gasteiger partial charge in [-0.05, 0) is 42.8 Å². The first-order chi connectivity index (χ1) is 12.7. The van der Waals surface area contributed by atoms with Gasteiger partial charge in [-0.2, -0.15) is 11.3 Å². The number of hydrogen-bond acceptors (Lipinski definition) is 5. The number of likely N-dealkylation sites (tertiary alicyclic amines) is 1. The molecule has 1 aromatic carbocycles. The Labute approximate surface area is 155 Å². The second-order valence-electron chi connectivity index (χ2n) is 6.49. The number of thiophene rings is 1. The largest absolute Gasteiger partial charge is 0.420 e. The van der Waals surface area contributed by atoms with Gasteiger partial charge in [0.25, 0.3) is 0 Å². The number of carbonyl (C=O) groups excluding carboxylic acids is 1. The van der Waals surface area contributed by atoms with E-state index in [0.29, 0.717) is 18.3 Å². The van der Waals surface area contributed by atoms with E-state index in [0.717, 1.165) is 36.2 Å². The Kier molecular flexibility index (Phi) is 4.71. The van der Waals surface area contributed by atoms with Crippen molar-refractivity contribution in [1.29, 1.82) is 0 Å². The molecule has 0 bridgehead atoms. The number of amides is 2. The number of nitrogens with zero attached hydrogens (tertiary/aromatic N) is 3. The number of rotatable bonds is 3. The smallest absolute Gasteiger partial charge is 0.321 e. The maximum absolute atomic E-state index is 12.6. The first-order valence-electron chi connectivity index (χ1n) is 8.68. The van der Waals surface area contributed by atoms with E-state index in [2.05, 4.69) is 15.5 Å². The molecule has 1 aliphatic rings. The van der Waals surface area contributed by atoms with Crippen LogP contribution in [0.25, 0.3) is 11.5 Å². The number of benzene rings is 1. The van der Waals surface area contributed by atoms with Gasteiger partial charge in [0.2, 0.25) is 11.8 Å². The number of aryl methyl sites for hydroxylation is 1. The van der Waals surface area contributed by atoms with Crippen LogP contribution in [-0.2, 0) is 0 Å². The van der Waals surface area contributed by atoms with Crippen LogP contribution in [0.1, 0.15) is 30.2 Å². The van der Waals surface area contributed by atoms with Gasteiger partial charge in [0.05, 0.1) is 5.92 Å². The minimum Gasteiger partial charge on any atom is -0.420 e. The summed E-state index contributed by atoms with van der Waals surface area (Å²) in [6, 6.07) is 9.67. The Morgan fingerprint density at radius 3 is 3.00 bits per heavy atom. The predicted octanol–water partition coefficient (Wildman–Crippen LogP) is 4.52. The van der Waals surface area contributed by atoms with Crippen molar-refractivity contribution in [3.05, 3.63) is 52.5 Å². The van der Waals surface area contributed by atoms with E-state index < -0.39 is 0 Å². The van der Waals surface area contributed by atoms with Crippen LogP contribution >= 0.6 is 11.3 Å². The highest BCUT2D eigenvalue weighted by Gasteiger charge is 2.28. The second kappa shape index (κ2) is 7.29. The zero-order valence-electron chi connectivity index (χ0n) is 14.5. The van der Waals surface area contributed by atoms with Crippen molar-refractivity contribution in [2.45, 2.75) is 25.7 Å². The number of urea groups is 1. The third-order valence-corrected chi connectivity index (χ3v) is 5.34. The molecule has 3 aromatic rings. The van der Waals surface area contributed by atoms with Crippen LogP contribution in [0.15, 0.2) is 45.5 Å². The van der Waals surface area contributed by atoms with Gasteiger partial charge in [0, 0.05) is 29.7 Å². The molecular formula is C19H20N4O2S. The van der Waals surface area contributed by atoms with Crippen LogP contribution in [0.4, 0.5) is 10.5 Å². The van der Waals surface area contributed by atoms with Crippen LogP contribution in [0.2, 0.25) is 0 Å². The van der Waals surface area contributed by atoms with Crippen molar-refractivity contribution < 1.29 is 9.21 Å². The Balaban J connectivity index is 1.44. The van der Waals surface area contributed by atoms with E-state index in [9.17, 15) is 4.79 Å². The maximum Gasteiger partial charge on any atom is 0.321 e. The molecule has 2 aromatic heterocycles. The molecular weight excluding hydrogens is 348 g/mol. The van der Waals surface area contributed by atoms with Gasteiger partial charge in [0.15, 0.2) is 0 Å². The SMILES string of the molecule is Cc1ccccc1NC(=O)N1CCCC(c2nnc(-c3ccsc3)o2)C1. The first-order valence-corrected chi connectivity index (χ1v) is 9.62. The number of para-hydroxylation sites is 1. The summed E-state index contributed by atoms with van der Waals surface area (Å²) in [6.45, 7) is 3.31. The summed E-state index contributed by atoms with van der Waals surface area (Å²) in [5.74, 6) is 1.23. The van der Waals surface area contributed by atoms with Crippen molar-refractivity contribution >= 4 is 23.1 Å². The summed E-state index contributed by atoms with van der Waals surface area (Å²) in [5.41, 5.74) is 2.84. The predicted molar refractivity (Wildman–Crippen MR) is 101 cm³/mol. The molecule has 3 heterocycles. The normalized spacial score (nSPS) is 17.3. The fourth-order valence-electron chi connectivity index (χ4n) is 3.17. The topological polar surface area (TPSA) is 71.3 Å². The molecule has 0 aliphatic carbocycles. The molecule has 1 saturated heterocycles. The minimum absolute atomic E-state index is 0.0752. The molecule has 0 saturated carbocycles. The molecule has 0 radical (unpaired) electrons. The Morgan fingerprint density at radius 2 is 2.19 bits per heavy atom. The highest BCUT2D eigenvalue weighted by Crippen LogP contribution is 2.29. The molecule has 1 atom stereocenters. The lowest BCUT2D eigenvalue weighted by atomic mass is 9.98. The van der Waals surface area contributed by atoms with Gasteiger partial charge in [-0.25, -0.2) is 4.79 Å². The van der Waals surface area contributed by atoms with Gasteiger partial charge in [-0.1, -0.05) is 18.2 Å². The van der Waals surface area contributed by atoms with Gasteiger partial charge < -0.3 is 14.6 Å². The molecule has 1 fully saturated rings. The molecule has 6 nitrogen and oxygen atoms in total. The van der Waals surface area contributed by atoms with Crippen LogP contribution in [0.5, 0.6) is 0 Å². The maximum atomic E-state index is 12.6. The highest BCUT2D eigenvalue weighted by molar-refractivity contribution is 7.08. The molecule has 7 heteroatoms. The first kappa shape index (κ1) is 16.8. The summed E-state index contributed by atoms with van der Waals surface area (Å²) >= 11 is 1.60. The van der Waals surface area contributed by atoms with Gasteiger partial charge in [-0.3, -0.25) is 0 Å². The number of piperidine rings is 1. The molecule has 0 spiro atoms. The fraction of sp³-hybridized carbons (Fsp3) is 0.316. The zero-order valence-corrected chi connectivity index (χ0v) is 15.3. The summed E-state index contributed by atoms with van der Waals surface area (Å²) in [7, 11) is 0. The molecule has 1 N–H and O–H groups in total. The Morgan fingerprint density at radius 1 is 1.31 bits per heavy atom. The molecule has 4 rings (SSSR count). The Hall–Kier alpha value is -2.67. The third kappa shape index (κ3) is 3.48. The third-order valence-electron chi connectivity index (χ3n) is 4.65. The van der Waals surface area contributed by atoms with Crippen molar-refractivity contribution in [1.82, 2.24) is 15.1 Å². The van der Waals surface area contributed by atoms with Gasteiger partial charge >= 0.3 is 6.03 Å². The van der Waals surface area contributed by atoms with Crippen molar-refractivity contribution in [2.75, 3.05) is 18.4 Å². The Bertz CT molecular complexity index is 891. The zero-order chi connectivity index (χ0) is 17.9. The number of aromatic nitrogens is 2. The molecule has 134 valence electrons. The van der Waals surface area contributed by atoms with Crippen molar-refractivity contribution in [3.63, 3.8) is 0 Å². The quantitative estimate of drug-likeness (QED) is 0.738. The molecule has 2 amide bonds. The van der Waals surface area contributed by atoms with E-state index in [4.69, 9.17) is 4.42 Å². The summed E-state index contributed by atoms with van der Waals surface area (Å²) < 4.78 is 5.86. The van der Waals surface area contributed by atoms with E-state index >= 15 is 0 Å². The summed E-state index contributed by atoms with van der Waals surface area (Å²) in [6.07, 6.45) is 1.86. The second-order valence-corrected chi connectivity index (χ2v) is 7.27. The van der Waals surface area contributed by atoms with Gasteiger partial charge in [0.1, 0.15) is 0 Å². The van der Waals surface area contributed by atoms with Crippen molar-refractivity contribution in [2.24, 2.45) is 0 Å². The van der Waals surface area contributed by atoms with Crippen LogP contribution in [0.3, 0.4) is 0 Å². The van der Waals surface area contributed by atoms with E-state index in [1.165, 1.54) is 0 Å². The number of nitrogens with one attached hydrogen (secondary N) is 1. The monoisotopic (exact) mass is 368 g/mol. The standard InChI is InChI=1S/C19H20N4O2S/c1-13-5-2-3-7-16(13)20-19(24)23-9-4-6-14(11-23)17-21-22-18(25-17)15-8-10-26-12-15/h2-3,5,7-8,10,12,14H,4,6,9,11H2,1H3,(H,20,24). The van der Waals surface area contributed by atoms with E-state index in [1.54, 1.807) is 11.3 Å². The molecule has 1 unspecified atom stereocenters. The van der Waals surface area contributed by atoms with E-state index in [1.807, 2.05) is 52.9 Å². The van der Waals surface area contributed by atoms with Crippen LogP contribution < -0.4 is 5.32 Å². The molecule has 26 heavy (non-hydrogen) atoms. The average molecular weight is 368 g/mol. The average Bonchev–Trinajstić information content (AvgIpc) is 3.35. The van der Waals surface area contributed by atoms with Gasteiger partial charge in [-0.15, -0.1) is 10.2 Å². The fourth-order valence-corrected chi connectivity index (χ4v) is 3.80. The lowest BCUT2D eigenvalue weighted by Crippen LogP contribution is -2.41. The number of hydrogen-bond donors (Lipinski definition) is 1. The van der Waals surface area contributed by atoms with E-state index in [-0.39, 0.29) is 11.9 Å². The lowest BCUT2D eigenvalue weighted by Gasteiger charge is -2.31. The summed E-state index contributed by atoms with van der Waals surface area (Å²) in [4.78, 5) is 14.5.